The van der Waals surface area contributed by atoms with Crippen LogP contribution in [0.15, 0.2) is 12.3 Å². The van der Waals surface area contributed by atoms with Crippen LogP contribution < -0.4 is 11.1 Å². The van der Waals surface area contributed by atoms with Gasteiger partial charge in [0.1, 0.15) is 5.92 Å². The molecule has 0 saturated heterocycles. The van der Waals surface area contributed by atoms with Gasteiger partial charge in [-0.25, -0.2) is 0 Å². The second-order valence-electron chi connectivity index (χ2n) is 2.10. The number of hydrogen-bond donors (Lipinski definition) is 2. The predicted molar refractivity (Wildman–Crippen MR) is 34.6 cm³/mol. The average molecular weight is 140 g/mol. The lowest BCUT2D eigenvalue weighted by molar-refractivity contribution is -0.133. The molecular weight excluding hydrogens is 132 g/mol. The third kappa shape index (κ3) is 1.15. The van der Waals surface area contributed by atoms with Gasteiger partial charge in [0.2, 0.25) is 11.8 Å². The van der Waals surface area contributed by atoms with Gasteiger partial charge in [0.15, 0.2) is 0 Å². The zero-order valence-corrected chi connectivity index (χ0v) is 5.33. The molecule has 4 heteroatoms. The van der Waals surface area contributed by atoms with Gasteiger partial charge in [-0.1, -0.05) is 6.08 Å². The highest BCUT2D eigenvalue weighted by Crippen LogP contribution is 2.06. The van der Waals surface area contributed by atoms with Gasteiger partial charge < -0.3 is 11.1 Å². The highest BCUT2D eigenvalue weighted by atomic mass is 16.2. The molecule has 0 bridgehead atoms. The molecule has 1 rings (SSSR count). The van der Waals surface area contributed by atoms with Crippen molar-refractivity contribution in [2.75, 3.05) is 0 Å². The first-order chi connectivity index (χ1) is 4.72. The van der Waals surface area contributed by atoms with Crippen LogP contribution in [0.2, 0.25) is 0 Å². The second-order valence-corrected chi connectivity index (χ2v) is 2.10. The summed E-state index contributed by atoms with van der Waals surface area (Å²) in [4.78, 5) is 21.3. The van der Waals surface area contributed by atoms with E-state index < -0.39 is 11.8 Å². The van der Waals surface area contributed by atoms with Crippen LogP contribution in [-0.4, -0.2) is 11.8 Å². The maximum absolute atomic E-state index is 10.8. The van der Waals surface area contributed by atoms with Crippen molar-refractivity contribution in [1.29, 1.82) is 0 Å². The van der Waals surface area contributed by atoms with Gasteiger partial charge >= 0.3 is 0 Å². The summed E-state index contributed by atoms with van der Waals surface area (Å²) in [7, 11) is 0. The number of amides is 2. The molecule has 1 unspecified atom stereocenters. The number of rotatable bonds is 1. The van der Waals surface area contributed by atoms with Gasteiger partial charge in [-0.3, -0.25) is 9.59 Å². The molecule has 0 aliphatic carbocycles. The monoisotopic (exact) mass is 140 g/mol. The van der Waals surface area contributed by atoms with Crippen molar-refractivity contribution in [3.05, 3.63) is 12.3 Å². The lowest BCUT2D eigenvalue weighted by Gasteiger charge is -2.12. The van der Waals surface area contributed by atoms with Crippen molar-refractivity contribution in [1.82, 2.24) is 5.32 Å². The first kappa shape index (κ1) is 6.80. The standard InChI is InChI=1S/C6H8N2O2/c7-5(9)4-2-1-3-8-6(4)10/h1,3-4H,2H2,(H2,7,9)(H,8,10). The number of hydrogen-bond acceptors (Lipinski definition) is 2. The van der Waals surface area contributed by atoms with E-state index in [2.05, 4.69) is 5.32 Å². The number of primary amides is 1. The Morgan fingerprint density at radius 1 is 1.80 bits per heavy atom. The molecule has 0 aromatic heterocycles. The van der Waals surface area contributed by atoms with Crippen LogP contribution in [0.1, 0.15) is 6.42 Å². The molecule has 0 aromatic carbocycles. The Labute approximate surface area is 58.1 Å². The Morgan fingerprint density at radius 2 is 2.50 bits per heavy atom. The Bertz CT molecular complexity index is 198. The van der Waals surface area contributed by atoms with Crippen molar-refractivity contribution >= 4 is 11.8 Å². The van der Waals surface area contributed by atoms with E-state index in [1.54, 1.807) is 6.08 Å². The number of carbonyl (C=O) groups is 2. The molecule has 10 heavy (non-hydrogen) atoms. The van der Waals surface area contributed by atoms with Crippen molar-refractivity contribution in [3.63, 3.8) is 0 Å². The molecule has 0 saturated carbocycles. The van der Waals surface area contributed by atoms with Gasteiger partial charge in [0.25, 0.3) is 0 Å². The summed E-state index contributed by atoms with van der Waals surface area (Å²) >= 11 is 0. The van der Waals surface area contributed by atoms with E-state index >= 15 is 0 Å². The third-order valence-corrected chi connectivity index (χ3v) is 1.38. The second kappa shape index (κ2) is 2.51. The molecule has 4 nitrogen and oxygen atoms in total. The van der Waals surface area contributed by atoms with Crippen LogP contribution in [0, 0.1) is 5.92 Å². The van der Waals surface area contributed by atoms with Crippen LogP contribution in [0.25, 0.3) is 0 Å². The highest BCUT2D eigenvalue weighted by molar-refractivity contribution is 6.00. The van der Waals surface area contributed by atoms with Crippen LogP contribution in [0.5, 0.6) is 0 Å². The maximum Gasteiger partial charge on any atom is 0.236 e. The molecule has 0 aromatic rings. The smallest absolute Gasteiger partial charge is 0.236 e. The fourth-order valence-electron chi connectivity index (χ4n) is 0.798. The zero-order valence-electron chi connectivity index (χ0n) is 5.33. The fourth-order valence-corrected chi connectivity index (χ4v) is 0.798. The molecule has 1 aliphatic rings. The molecule has 1 aliphatic heterocycles. The SMILES string of the molecule is NC(=O)C1CC=CNC1=O. The average Bonchev–Trinajstić information content (AvgIpc) is 1.88. The van der Waals surface area contributed by atoms with Gasteiger partial charge in [0.05, 0.1) is 0 Å². The van der Waals surface area contributed by atoms with E-state index in [4.69, 9.17) is 5.73 Å². The van der Waals surface area contributed by atoms with E-state index in [9.17, 15) is 9.59 Å². The van der Waals surface area contributed by atoms with E-state index in [1.165, 1.54) is 6.20 Å². The van der Waals surface area contributed by atoms with E-state index in [0.29, 0.717) is 6.42 Å². The van der Waals surface area contributed by atoms with Crippen molar-refractivity contribution in [2.45, 2.75) is 6.42 Å². The first-order valence-electron chi connectivity index (χ1n) is 2.96. The Hall–Kier alpha value is -1.32. The molecule has 1 heterocycles. The fraction of sp³-hybridized carbons (Fsp3) is 0.333. The Balaban J connectivity index is 2.68. The van der Waals surface area contributed by atoms with Gasteiger partial charge in [-0.15, -0.1) is 0 Å². The number of allylic oxidation sites excluding steroid dienone is 1. The Kier molecular flexibility index (Phi) is 1.71. The number of nitrogens with two attached hydrogens (primary N) is 1. The Morgan fingerprint density at radius 3 is 2.90 bits per heavy atom. The minimum atomic E-state index is -0.676. The lowest BCUT2D eigenvalue weighted by Crippen LogP contribution is -2.38. The maximum atomic E-state index is 10.8. The summed E-state index contributed by atoms with van der Waals surface area (Å²) in [5.74, 6) is -1.55. The topological polar surface area (TPSA) is 72.2 Å². The van der Waals surface area contributed by atoms with Crippen LogP contribution in [-0.2, 0) is 9.59 Å². The van der Waals surface area contributed by atoms with E-state index in [0.717, 1.165) is 0 Å². The normalized spacial score (nSPS) is 24.0. The van der Waals surface area contributed by atoms with Gasteiger partial charge in [-0.2, -0.15) is 0 Å². The molecule has 0 spiro atoms. The predicted octanol–water partition coefficient (Wildman–Crippen LogP) is -0.879. The minimum Gasteiger partial charge on any atom is -0.369 e. The summed E-state index contributed by atoms with van der Waals surface area (Å²) in [6.07, 6.45) is 3.64. The molecular formula is C6H8N2O2. The van der Waals surface area contributed by atoms with Crippen LogP contribution in [0.4, 0.5) is 0 Å². The minimum absolute atomic E-state index is 0.310. The van der Waals surface area contributed by atoms with Gasteiger partial charge in [0, 0.05) is 0 Å². The molecule has 2 amide bonds. The summed E-state index contributed by atoms with van der Waals surface area (Å²) in [5, 5.41) is 2.39. The van der Waals surface area contributed by atoms with Crippen LogP contribution >= 0.6 is 0 Å². The summed E-state index contributed by atoms with van der Waals surface area (Å²) in [6.45, 7) is 0. The molecule has 3 N–H and O–H groups in total. The molecule has 1 atom stereocenters. The quantitative estimate of drug-likeness (QED) is 0.464. The third-order valence-electron chi connectivity index (χ3n) is 1.38. The molecule has 54 valence electrons. The molecule has 0 fully saturated rings. The lowest BCUT2D eigenvalue weighted by atomic mass is 10.0. The summed E-state index contributed by atoms with van der Waals surface area (Å²) < 4.78 is 0. The summed E-state index contributed by atoms with van der Waals surface area (Å²) in [5.41, 5.74) is 4.92. The highest BCUT2D eigenvalue weighted by Gasteiger charge is 2.23. The number of carbonyl (C=O) groups excluding carboxylic acids is 2. The molecule has 0 radical (unpaired) electrons. The summed E-state index contributed by atoms with van der Waals surface area (Å²) in [6, 6.07) is 0. The largest absolute Gasteiger partial charge is 0.369 e. The van der Waals surface area contributed by atoms with Gasteiger partial charge in [-0.05, 0) is 12.6 Å². The van der Waals surface area contributed by atoms with Crippen molar-refractivity contribution < 1.29 is 9.59 Å². The van der Waals surface area contributed by atoms with E-state index in [1.807, 2.05) is 0 Å². The van der Waals surface area contributed by atoms with Crippen LogP contribution in [0.3, 0.4) is 0 Å². The zero-order chi connectivity index (χ0) is 7.56. The first-order valence-corrected chi connectivity index (χ1v) is 2.96. The van der Waals surface area contributed by atoms with Crippen molar-refractivity contribution in [3.8, 4) is 0 Å². The number of nitrogens with one attached hydrogen (secondary N) is 1. The van der Waals surface area contributed by atoms with E-state index in [-0.39, 0.29) is 5.91 Å². The van der Waals surface area contributed by atoms with Crippen molar-refractivity contribution in [2.24, 2.45) is 11.7 Å².